The second-order valence-corrected chi connectivity index (χ2v) is 5.94. The number of hydrogen-bond donors (Lipinski definition) is 1. The highest BCUT2D eigenvalue weighted by molar-refractivity contribution is 5.81. The largest absolute Gasteiger partial charge is 0.484 e. The van der Waals surface area contributed by atoms with Crippen molar-refractivity contribution in [2.24, 2.45) is 0 Å². The Labute approximate surface area is 146 Å². The molecule has 1 aromatic heterocycles. The number of para-hydroxylation sites is 1. The van der Waals surface area contributed by atoms with E-state index in [9.17, 15) is 9.18 Å². The molecule has 0 saturated carbocycles. The molecule has 0 bridgehead atoms. The molecular weight excluding hydrogens is 319 g/mol. The van der Waals surface area contributed by atoms with Gasteiger partial charge in [-0.05, 0) is 55.1 Å². The quantitative estimate of drug-likeness (QED) is 0.667. The summed E-state index contributed by atoms with van der Waals surface area (Å²) >= 11 is 0. The molecule has 0 aliphatic carbocycles. The van der Waals surface area contributed by atoms with Gasteiger partial charge in [0.1, 0.15) is 11.6 Å². The zero-order valence-electron chi connectivity index (χ0n) is 14.2. The maximum atomic E-state index is 12.8. The van der Waals surface area contributed by atoms with Crippen LogP contribution in [0.3, 0.4) is 0 Å². The summed E-state index contributed by atoms with van der Waals surface area (Å²) in [5.41, 5.74) is 2.43. The molecule has 4 nitrogen and oxygen atoms in total. The Morgan fingerprint density at radius 1 is 1.16 bits per heavy atom. The number of benzene rings is 2. The van der Waals surface area contributed by atoms with Crippen LogP contribution in [0.5, 0.6) is 5.75 Å². The molecule has 0 aliphatic rings. The molecule has 0 spiro atoms. The number of aromatic nitrogens is 1. The molecule has 0 atom stereocenters. The number of nitrogens with zero attached hydrogens (tertiary/aromatic N) is 1. The lowest BCUT2D eigenvalue weighted by atomic mass is 10.2. The Bertz CT molecular complexity index is 856. The molecule has 0 radical (unpaired) electrons. The highest BCUT2D eigenvalue weighted by Gasteiger charge is 2.06. The van der Waals surface area contributed by atoms with E-state index >= 15 is 0 Å². The van der Waals surface area contributed by atoms with E-state index in [1.165, 1.54) is 40.9 Å². The number of fused-ring (bicyclic) bond motifs is 1. The van der Waals surface area contributed by atoms with Crippen LogP contribution in [0.1, 0.15) is 12.1 Å². The van der Waals surface area contributed by atoms with E-state index in [0.29, 0.717) is 12.3 Å². The average molecular weight is 340 g/mol. The van der Waals surface area contributed by atoms with E-state index in [2.05, 4.69) is 35.0 Å². The lowest BCUT2D eigenvalue weighted by molar-refractivity contribution is -0.123. The molecule has 2 aromatic carbocycles. The lowest BCUT2D eigenvalue weighted by Crippen LogP contribution is -2.30. The van der Waals surface area contributed by atoms with Crippen LogP contribution in [-0.2, 0) is 11.3 Å². The molecule has 130 valence electrons. The summed E-state index contributed by atoms with van der Waals surface area (Å²) in [6, 6.07) is 16.1. The molecule has 0 aliphatic heterocycles. The monoisotopic (exact) mass is 340 g/mol. The maximum Gasteiger partial charge on any atom is 0.257 e. The third-order valence-electron chi connectivity index (χ3n) is 4.08. The van der Waals surface area contributed by atoms with Gasteiger partial charge in [0.2, 0.25) is 0 Å². The van der Waals surface area contributed by atoms with E-state index in [4.69, 9.17) is 4.74 Å². The first-order valence-electron chi connectivity index (χ1n) is 8.33. The van der Waals surface area contributed by atoms with Crippen molar-refractivity contribution in [1.82, 2.24) is 9.88 Å². The average Bonchev–Trinajstić information content (AvgIpc) is 2.93. The van der Waals surface area contributed by atoms with Gasteiger partial charge in [-0.25, -0.2) is 4.39 Å². The van der Waals surface area contributed by atoms with Gasteiger partial charge in [-0.1, -0.05) is 18.2 Å². The van der Waals surface area contributed by atoms with Gasteiger partial charge in [-0.15, -0.1) is 0 Å². The van der Waals surface area contributed by atoms with Crippen LogP contribution in [0, 0.1) is 12.7 Å². The van der Waals surface area contributed by atoms with Crippen LogP contribution in [0.2, 0.25) is 0 Å². The van der Waals surface area contributed by atoms with Crippen LogP contribution in [0.4, 0.5) is 4.39 Å². The fraction of sp³-hybridized carbons (Fsp3) is 0.250. The van der Waals surface area contributed by atoms with Crippen LogP contribution >= 0.6 is 0 Å². The molecule has 0 unspecified atom stereocenters. The van der Waals surface area contributed by atoms with Crippen molar-refractivity contribution in [2.45, 2.75) is 19.9 Å². The SMILES string of the molecule is Cc1cc2ccccc2n1CCCNC(=O)COc1ccc(F)cc1. The van der Waals surface area contributed by atoms with Gasteiger partial charge >= 0.3 is 0 Å². The molecule has 3 rings (SSSR count). The zero-order chi connectivity index (χ0) is 17.6. The molecule has 1 amide bonds. The van der Waals surface area contributed by atoms with Crippen LogP contribution in [0.25, 0.3) is 10.9 Å². The first kappa shape index (κ1) is 17.0. The Hall–Kier alpha value is -2.82. The molecule has 3 aromatic rings. The minimum absolute atomic E-state index is 0.0723. The van der Waals surface area contributed by atoms with E-state index < -0.39 is 0 Å². The van der Waals surface area contributed by atoms with Crippen molar-refractivity contribution < 1.29 is 13.9 Å². The molecule has 1 heterocycles. The number of hydrogen-bond acceptors (Lipinski definition) is 2. The van der Waals surface area contributed by atoms with Crippen LogP contribution in [0.15, 0.2) is 54.6 Å². The summed E-state index contributed by atoms with van der Waals surface area (Å²) in [5.74, 6) is -0.0333. The van der Waals surface area contributed by atoms with Crippen LogP contribution < -0.4 is 10.1 Å². The first-order chi connectivity index (χ1) is 12.1. The van der Waals surface area contributed by atoms with E-state index in [1.54, 1.807) is 0 Å². The number of rotatable bonds is 7. The second kappa shape index (κ2) is 7.83. The molecule has 0 saturated heterocycles. The topological polar surface area (TPSA) is 43.3 Å². The minimum atomic E-state index is -0.329. The zero-order valence-corrected chi connectivity index (χ0v) is 14.2. The molecule has 25 heavy (non-hydrogen) atoms. The summed E-state index contributed by atoms with van der Waals surface area (Å²) in [5, 5.41) is 4.08. The van der Waals surface area contributed by atoms with Crippen molar-refractivity contribution in [3.63, 3.8) is 0 Å². The highest BCUT2D eigenvalue weighted by atomic mass is 19.1. The Kier molecular flexibility index (Phi) is 5.33. The standard InChI is InChI=1S/C20H21FN2O2/c1-15-13-16-5-2-3-6-19(16)23(15)12-4-11-22-20(24)14-25-18-9-7-17(21)8-10-18/h2-3,5-10,13H,4,11-12,14H2,1H3,(H,22,24). The number of carbonyl (C=O) groups is 1. The summed E-state index contributed by atoms with van der Waals surface area (Å²) in [6.45, 7) is 3.45. The number of halogens is 1. The number of carbonyl (C=O) groups excluding carboxylic acids is 1. The first-order valence-corrected chi connectivity index (χ1v) is 8.33. The van der Waals surface area contributed by atoms with Gasteiger partial charge in [-0.2, -0.15) is 0 Å². The van der Waals surface area contributed by atoms with Crippen molar-refractivity contribution in [2.75, 3.05) is 13.2 Å². The summed E-state index contributed by atoms with van der Waals surface area (Å²) in [7, 11) is 0. The van der Waals surface area contributed by atoms with E-state index in [1.807, 2.05) is 12.1 Å². The van der Waals surface area contributed by atoms with Crippen LogP contribution in [-0.4, -0.2) is 23.6 Å². The predicted molar refractivity (Wildman–Crippen MR) is 96.2 cm³/mol. The fourth-order valence-corrected chi connectivity index (χ4v) is 2.84. The number of ether oxygens (including phenoxy) is 1. The predicted octanol–water partition coefficient (Wildman–Crippen LogP) is 3.67. The minimum Gasteiger partial charge on any atom is -0.484 e. The van der Waals surface area contributed by atoms with Crippen molar-refractivity contribution >= 4 is 16.8 Å². The van der Waals surface area contributed by atoms with Gasteiger partial charge in [0.25, 0.3) is 5.91 Å². The normalized spacial score (nSPS) is 10.8. The lowest BCUT2D eigenvalue weighted by Gasteiger charge is -2.10. The number of aryl methyl sites for hydroxylation is 2. The summed E-state index contributed by atoms with van der Waals surface area (Å²) in [4.78, 5) is 11.8. The molecule has 5 heteroatoms. The Balaban J connectivity index is 1.42. The van der Waals surface area contributed by atoms with E-state index in [-0.39, 0.29) is 18.3 Å². The smallest absolute Gasteiger partial charge is 0.257 e. The molecule has 1 N–H and O–H groups in total. The highest BCUT2D eigenvalue weighted by Crippen LogP contribution is 2.19. The van der Waals surface area contributed by atoms with Gasteiger partial charge in [0, 0.05) is 24.3 Å². The van der Waals surface area contributed by atoms with Gasteiger partial charge in [-0.3, -0.25) is 4.79 Å². The second-order valence-electron chi connectivity index (χ2n) is 5.94. The summed E-state index contributed by atoms with van der Waals surface area (Å²) in [6.07, 6.45) is 0.835. The van der Waals surface area contributed by atoms with Gasteiger partial charge in [0.15, 0.2) is 6.61 Å². The van der Waals surface area contributed by atoms with Crippen molar-refractivity contribution in [3.8, 4) is 5.75 Å². The molecule has 0 fully saturated rings. The molecular formula is C20H21FN2O2. The maximum absolute atomic E-state index is 12.8. The van der Waals surface area contributed by atoms with E-state index in [0.717, 1.165) is 13.0 Å². The van der Waals surface area contributed by atoms with Crippen molar-refractivity contribution in [3.05, 3.63) is 66.1 Å². The Morgan fingerprint density at radius 3 is 2.72 bits per heavy atom. The van der Waals surface area contributed by atoms with Crippen molar-refractivity contribution in [1.29, 1.82) is 0 Å². The Morgan fingerprint density at radius 2 is 1.92 bits per heavy atom. The summed E-state index contributed by atoms with van der Waals surface area (Å²) < 4.78 is 20.4. The third kappa shape index (κ3) is 4.38. The number of nitrogens with one attached hydrogen (secondary N) is 1. The fourth-order valence-electron chi connectivity index (χ4n) is 2.84. The van der Waals surface area contributed by atoms with Gasteiger partial charge in [0.05, 0.1) is 0 Å². The van der Waals surface area contributed by atoms with Gasteiger partial charge < -0.3 is 14.6 Å². The number of amides is 1. The third-order valence-corrected chi connectivity index (χ3v) is 4.08.